The summed E-state index contributed by atoms with van der Waals surface area (Å²) in [5.74, 6) is 6.72. The summed E-state index contributed by atoms with van der Waals surface area (Å²) in [5, 5.41) is 11.6. The van der Waals surface area contributed by atoms with Crippen LogP contribution in [0.25, 0.3) is 0 Å². The number of aliphatic hydroxyl groups excluding tert-OH is 1. The van der Waals surface area contributed by atoms with Crippen molar-refractivity contribution in [1.82, 2.24) is 5.32 Å². The maximum atomic E-state index is 12.1. The van der Waals surface area contributed by atoms with Gasteiger partial charge in [0.25, 0.3) is 5.91 Å². The van der Waals surface area contributed by atoms with Gasteiger partial charge in [-0.3, -0.25) is 4.79 Å². The molecule has 3 heteroatoms. The topological polar surface area (TPSA) is 49.3 Å². The van der Waals surface area contributed by atoms with E-state index in [2.05, 4.69) is 37.9 Å². The number of carbonyl (C=O) groups is 1. The van der Waals surface area contributed by atoms with Gasteiger partial charge < -0.3 is 10.4 Å². The number of nitrogens with one attached hydrogen (secondary N) is 1. The van der Waals surface area contributed by atoms with Crippen LogP contribution in [-0.2, 0) is 0 Å². The van der Waals surface area contributed by atoms with Crippen LogP contribution in [0, 0.1) is 23.7 Å². The van der Waals surface area contributed by atoms with E-state index in [-0.39, 0.29) is 12.5 Å². The van der Waals surface area contributed by atoms with Gasteiger partial charge >= 0.3 is 0 Å². The molecular weight excluding hydrogens is 250 g/mol. The maximum Gasteiger partial charge on any atom is 0.251 e. The molecule has 1 unspecified atom stereocenters. The molecule has 0 bridgehead atoms. The smallest absolute Gasteiger partial charge is 0.251 e. The van der Waals surface area contributed by atoms with Crippen molar-refractivity contribution in [3.05, 3.63) is 35.4 Å². The van der Waals surface area contributed by atoms with Crippen LogP contribution in [-0.4, -0.2) is 24.2 Å². The molecule has 1 atom stereocenters. The molecule has 20 heavy (non-hydrogen) atoms. The van der Waals surface area contributed by atoms with E-state index in [1.807, 2.05) is 12.1 Å². The molecule has 1 aromatic rings. The van der Waals surface area contributed by atoms with Crippen molar-refractivity contribution in [3.8, 4) is 11.8 Å². The molecule has 0 saturated heterocycles. The van der Waals surface area contributed by atoms with Crippen molar-refractivity contribution in [2.24, 2.45) is 11.8 Å². The van der Waals surface area contributed by atoms with Gasteiger partial charge in [0.2, 0.25) is 0 Å². The second-order valence-corrected chi connectivity index (χ2v) is 5.29. The minimum Gasteiger partial charge on any atom is -0.395 e. The van der Waals surface area contributed by atoms with E-state index in [9.17, 15) is 4.79 Å². The Hall–Kier alpha value is -1.79. The van der Waals surface area contributed by atoms with Gasteiger partial charge in [-0.2, -0.15) is 0 Å². The van der Waals surface area contributed by atoms with Crippen LogP contribution < -0.4 is 5.32 Å². The highest BCUT2D eigenvalue weighted by Crippen LogP contribution is 2.09. The number of carbonyl (C=O) groups excluding carboxylic acids is 1. The molecule has 108 valence electrons. The molecule has 0 aliphatic rings. The zero-order valence-corrected chi connectivity index (χ0v) is 12.4. The normalized spacial score (nSPS) is 11.7. The van der Waals surface area contributed by atoms with E-state index in [0.29, 0.717) is 30.4 Å². The summed E-state index contributed by atoms with van der Waals surface area (Å²) < 4.78 is 0. The molecule has 0 heterocycles. The SMILES string of the molecule is CC(C)C(C)CNC(=O)c1cccc(C#CCCO)c1. The summed E-state index contributed by atoms with van der Waals surface area (Å²) in [6.07, 6.45) is 0.447. The highest BCUT2D eigenvalue weighted by molar-refractivity contribution is 5.94. The van der Waals surface area contributed by atoms with Crippen LogP contribution in [0.3, 0.4) is 0 Å². The fraction of sp³-hybridized carbons (Fsp3) is 0.471. The Morgan fingerprint density at radius 3 is 2.75 bits per heavy atom. The fourth-order valence-electron chi connectivity index (χ4n) is 1.55. The Bertz CT molecular complexity index is 497. The van der Waals surface area contributed by atoms with Gasteiger partial charge in [0.05, 0.1) is 6.61 Å². The number of hydrogen-bond donors (Lipinski definition) is 2. The summed E-state index contributed by atoms with van der Waals surface area (Å²) in [6, 6.07) is 7.24. The number of hydrogen-bond acceptors (Lipinski definition) is 2. The van der Waals surface area contributed by atoms with Gasteiger partial charge in [0, 0.05) is 24.1 Å². The van der Waals surface area contributed by atoms with Gasteiger partial charge in [0.15, 0.2) is 0 Å². The molecule has 1 aromatic carbocycles. The second-order valence-electron chi connectivity index (χ2n) is 5.29. The molecule has 3 nitrogen and oxygen atoms in total. The first-order valence-corrected chi connectivity index (χ1v) is 7.02. The van der Waals surface area contributed by atoms with Crippen molar-refractivity contribution in [1.29, 1.82) is 0 Å². The van der Waals surface area contributed by atoms with Crippen LogP contribution >= 0.6 is 0 Å². The van der Waals surface area contributed by atoms with E-state index in [0.717, 1.165) is 5.56 Å². The Labute approximate surface area is 121 Å². The lowest BCUT2D eigenvalue weighted by Gasteiger charge is -2.16. The van der Waals surface area contributed by atoms with Crippen molar-refractivity contribution < 1.29 is 9.90 Å². The number of benzene rings is 1. The molecule has 0 aliphatic heterocycles. The van der Waals surface area contributed by atoms with Crippen LogP contribution in [0.15, 0.2) is 24.3 Å². The molecule has 2 N–H and O–H groups in total. The average molecular weight is 273 g/mol. The lowest BCUT2D eigenvalue weighted by molar-refractivity contribution is 0.0945. The standard InChI is InChI=1S/C17H23NO2/c1-13(2)14(3)12-18-17(20)16-9-6-8-15(11-16)7-4-5-10-19/h6,8-9,11,13-14,19H,5,10,12H2,1-3H3,(H,18,20). The number of rotatable bonds is 5. The van der Waals surface area contributed by atoms with E-state index in [1.165, 1.54) is 0 Å². The van der Waals surface area contributed by atoms with Gasteiger partial charge in [-0.1, -0.05) is 38.7 Å². The zero-order chi connectivity index (χ0) is 15.0. The van der Waals surface area contributed by atoms with E-state index < -0.39 is 0 Å². The third-order valence-corrected chi connectivity index (χ3v) is 3.32. The lowest BCUT2D eigenvalue weighted by atomic mass is 9.98. The van der Waals surface area contributed by atoms with Crippen molar-refractivity contribution in [2.45, 2.75) is 27.2 Å². The van der Waals surface area contributed by atoms with E-state index in [4.69, 9.17) is 5.11 Å². The van der Waals surface area contributed by atoms with E-state index >= 15 is 0 Å². The average Bonchev–Trinajstić information content (AvgIpc) is 2.44. The summed E-state index contributed by atoms with van der Waals surface area (Å²) >= 11 is 0. The van der Waals surface area contributed by atoms with Crippen molar-refractivity contribution >= 4 is 5.91 Å². The summed E-state index contributed by atoms with van der Waals surface area (Å²) in [5.41, 5.74) is 1.42. The molecule has 0 aliphatic carbocycles. The first kappa shape index (κ1) is 16.3. The second kappa shape index (κ2) is 8.39. The Morgan fingerprint density at radius 2 is 2.10 bits per heavy atom. The third-order valence-electron chi connectivity index (χ3n) is 3.32. The maximum absolute atomic E-state index is 12.1. The van der Waals surface area contributed by atoms with Gasteiger partial charge in [0.1, 0.15) is 0 Å². The van der Waals surface area contributed by atoms with Gasteiger partial charge in [-0.05, 0) is 30.0 Å². The zero-order valence-electron chi connectivity index (χ0n) is 12.4. The minimum atomic E-state index is -0.0664. The molecule has 1 amide bonds. The van der Waals surface area contributed by atoms with Crippen molar-refractivity contribution in [2.75, 3.05) is 13.2 Å². The quantitative estimate of drug-likeness (QED) is 0.810. The third kappa shape index (κ3) is 5.46. The molecule has 0 fully saturated rings. The first-order valence-electron chi connectivity index (χ1n) is 7.02. The lowest BCUT2D eigenvalue weighted by Crippen LogP contribution is -2.30. The Morgan fingerprint density at radius 1 is 1.35 bits per heavy atom. The molecule has 1 rings (SSSR count). The van der Waals surface area contributed by atoms with Crippen LogP contribution in [0.5, 0.6) is 0 Å². The Balaban J connectivity index is 2.65. The summed E-state index contributed by atoms with van der Waals surface area (Å²) in [6.45, 7) is 7.15. The first-order chi connectivity index (χ1) is 9.54. The largest absolute Gasteiger partial charge is 0.395 e. The summed E-state index contributed by atoms with van der Waals surface area (Å²) in [4.78, 5) is 12.1. The Kier molecular flexibility index (Phi) is 6.83. The van der Waals surface area contributed by atoms with Crippen LogP contribution in [0.4, 0.5) is 0 Å². The monoisotopic (exact) mass is 273 g/mol. The van der Waals surface area contributed by atoms with E-state index in [1.54, 1.807) is 12.1 Å². The molecule has 0 radical (unpaired) electrons. The predicted molar refractivity (Wildman–Crippen MR) is 81.4 cm³/mol. The molecular formula is C17H23NO2. The minimum absolute atomic E-state index is 0.0558. The summed E-state index contributed by atoms with van der Waals surface area (Å²) in [7, 11) is 0. The molecule has 0 saturated carbocycles. The number of amides is 1. The number of aliphatic hydroxyl groups is 1. The highest BCUT2D eigenvalue weighted by atomic mass is 16.2. The predicted octanol–water partition coefficient (Wildman–Crippen LogP) is 2.44. The fourth-order valence-corrected chi connectivity index (χ4v) is 1.55. The highest BCUT2D eigenvalue weighted by Gasteiger charge is 2.10. The van der Waals surface area contributed by atoms with Crippen molar-refractivity contribution in [3.63, 3.8) is 0 Å². The molecule has 0 aromatic heterocycles. The van der Waals surface area contributed by atoms with Gasteiger partial charge in [-0.15, -0.1) is 0 Å². The van der Waals surface area contributed by atoms with Crippen LogP contribution in [0.1, 0.15) is 43.1 Å². The van der Waals surface area contributed by atoms with Crippen LogP contribution in [0.2, 0.25) is 0 Å². The van der Waals surface area contributed by atoms with Gasteiger partial charge in [-0.25, -0.2) is 0 Å². The molecule has 0 spiro atoms.